The number of halogens is 1. The SMILES string of the molecule is O=C(Nc1nnc(-c2ccc(Br)cc2)s1)C1CCCN1C(=O)/C=C/c1ccccc1. The minimum atomic E-state index is -0.502. The highest BCUT2D eigenvalue weighted by molar-refractivity contribution is 9.10. The number of nitrogens with zero attached hydrogens (tertiary/aromatic N) is 3. The van der Waals surface area contributed by atoms with Crippen molar-refractivity contribution in [1.29, 1.82) is 0 Å². The van der Waals surface area contributed by atoms with Crippen LogP contribution in [-0.2, 0) is 9.59 Å². The Bertz CT molecular complexity index is 1070. The summed E-state index contributed by atoms with van der Waals surface area (Å²) in [6.45, 7) is 0.566. The Labute approximate surface area is 186 Å². The molecule has 2 heterocycles. The molecule has 1 saturated heterocycles. The Morgan fingerprint density at radius 1 is 1.10 bits per heavy atom. The van der Waals surface area contributed by atoms with Crippen LogP contribution in [0, 0.1) is 0 Å². The summed E-state index contributed by atoms with van der Waals surface area (Å²) in [6, 6.07) is 16.8. The topological polar surface area (TPSA) is 75.2 Å². The number of amides is 2. The molecule has 1 atom stereocenters. The van der Waals surface area contributed by atoms with E-state index in [1.807, 2.05) is 54.6 Å². The van der Waals surface area contributed by atoms with Gasteiger partial charge in [0.15, 0.2) is 0 Å². The molecule has 6 nitrogen and oxygen atoms in total. The van der Waals surface area contributed by atoms with Gasteiger partial charge in [0, 0.05) is 22.7 Å². The van der Waals surface area contributed by atoms with Crippen molar-refractivity contribution in [3.8, 4) is 10.6 Å². The molecule has 0 aliphatic carbocycles. The third kappa shape index (κ3) is 4.83. The summed E-state index contributed by atoms with van der Waals surface area (Å²) in [5.41, 5.74) is 1.88. The molecule has 2 aromatic carbocycles. The fourth-order valence-corrected chi connectivity index (χ4v) is 4.32. The van der Waals surface area contributed by atoms with Gasteiger partial charge in [0.25, 0.3) is 0 Å². The highest BCUT2D eigenvalue weighted by atomic mass is 79.9. The molecular formula is C22H19BrN4O2S. The van der Waals surface area contributed by atoms with Gasteiger partial charge in [-0.2, -0.15) is 0 Å². The van der Waals surface area contributed by atoms with Gasteiger partial charge in [-0.25, -0.2) is 0 Å². The van der Waals surface area contributed by atoms with Crippen molar-refractivity contribution in [1.82, 2.24) is 15.1 Å². The molecular weight excluding hydrogens is 464 g/mol. The van der Waals surface area contributed by atoms with E-state index in [4.69, 9.17) is 0 Å². The first-order valence-corrected chi connectivity index (χ1v) is 11.1. The van der Waals surface area contributed by atoms with E-state index in [-0.39, 0.29) is 11.8 Å². The third-order valence-corrected chi connectivity index (χ3v) is 6.22. The first-order valence-electron chi connectivity index (χ1n) is 9.54. The van der Waals surface area contributed by atoms with Crippen molar-refractivity contribution in [2.45, 2.75) is 18.9 Å². The zero-order valence-corrected chi connectivity index (χ0v) is 18.4. The van der Waals surface area contributed by atoms with Gasteiger partial charge in [-0.05, 0) is 36.6 Å². The maximum Gasteiger partial charge on any atom is 0.249 e. The quantitative estimate of drug-likeness (QED) is 0.538. The van der Waals surface area contributed by atoms with E-state index in [1.54, 1.807) is 11.0 Å². The molecule has 0 saturated carbocycles. The van der Waals surface area contributed by atoms with Crippen LogP contribution >= 0.6 is 27.3 Å². The van der Waals surface area contributed by atoms with Crippen LogP contribution in [0.2, 0.25) is 0 Å². The largest absolute Gasteiger partial charge is 0.327 e. The maximum atomic E-state index is 12.8. The summed E-state index contributed by atoms with van der Waals surface area (Å²) < 4.78 is 0.983. The minimum Gasteiger partial charge on any atom is -0.327 e. The summed E-state index contributed by atoms with van der Waals surface area (Å²) >= 11 is 4.72. The van der Waals surface area contributed by atoms with Crippen LogP contribution in [0.1, 0.15) is 18.4 Å². The zero-order chi connectivity index (χ0) is 20.9. The van der Waals surface area contributed by atoms with Crippen LogP contribution < -0.4 is 5.32 Å². The Balaban J connectivity index is 1.41. The molecule has 1 aliphatic heterocycles. The number of hydrogen-bond acceptors (Lipinski definition) is 5. The standard InChI is InChI=1S/C22H19BrN4O2S/c23-17-11-9-16(10-12-17)21-25-26-22(30-21)24-20(29)18-7-4-14-27(18)19(28)13-8-15-5-2-1-3-6-15/h1-3,5-6,8-13,18H,4,7,14H2,(H,24,26,29)/b13-8+. The first kappa shape index (κ1) is 20.4. The van der Waals surface area contributed by atoms with Crippen molar-refractivity contribution in [3.05, 3.63) is 70.7 Å². The van der Waals surface area contributed by atoms with Crippen molar-refractivity contribution in [3.63, 3.8) is 0 Å². The molecule has 4 rings (SSSR count). The fourth-order valence-electron chi connectivity index (χ4n) is 3.30. The molecule has 2 amide bonds. The lowest BCUT2D eigenvalue weighted by atomic mass is 10.2. The number of carbonyl (C=O) groups is 2. The van der Waals surface area contributed by atoms with Gasteiger partial charge >= 0.3 is 0 Å². The lowest BCUT2D eigenvalue weighted by Gasteiger charge is -2.22. The number of likely N-dealkylation sites (tertiary alicyclic amines) is 1. The predicted octanol–water partition coefficient (Wildman–Crippen LogP) is 4.61. The van der Waals surface area contributed by atoms with Crippen molar-refractivity contribution < 1.29 is 9.59 Å². The highest BCUT2D eigenvalue weighted by Crippen LogP contribution is 2.28. The Morgan fingerprint density at radius 3 is 2.63 bits per heavy atom. The molecule has 8 heteroatoms. The Hall–Kier alpha value is -2.84. The maximum absolute atomic E-state index is 12.8. The average molecular weight is 483 g/mol. The lowest BCUT2D eigenvalue weighted by Crippen LogP contribution is -2.42. The van der Waals surface area contributed by atoms with Gasteiger partial charge in [-0.3, -0.25) is 14.9 Å². The molecule has 1 fully saturated rings. The normalized spacial score (nSPS) is 16.2. The van der Waals surface area contributed by atoms with Gasteiger partial charge in [-0.15, -0.1) is 10.2 Å². The summed E-state index contributed by atoms with van der Waals surface area (Å²) in [5.74, 6) is -0.392. The molecule has 1 aromatic heterocycles. The lowest BCUT2D eigenvalue weighted by molar-refractivity contribution is -0.132. The van der Waals surface area contributed by atoms with E-state index in [0.717, 1.165) is 27.0 Å². The average Bonchev–Trinajstić information content (AvgIpc) is 3.43. The molecule has 1 unspecified atom stereocenters. The molecule has 3 aromatic rings. The number of hydrogen-bond donors (Lipinski definition) is 1. The fraction of sp³-hybridized carbons (Fsp3) is 0.182. The van der Waals surface area contributed by atoms with Gasteiger partial charge in [-0.1, -0.05) is 69.7 Å². The number of rotatable bonds is 5. The second kappa shape index (κ2) is 9.32. The van der Waals surface area contributed by atoms with Crippen molar-refractivity contribution in [2.75, 3.05) is 11.9 Å². The van der Waals surface area contributed by atoms with Crippen molar-refractivity contribution >= 4 is 50.3 Å². The smallest absolute Gasteiger partial charge is 0.249 e. The number of carbonyl (C=O) groups excluding carboxylic acids is 2. The number of anilines is 1. The van der Waals surface area contributed by atoms with E-state index in [0.29, 0.717) is 18.1 Å². The summed E-state index contributed by atoms with van der Waals surface area (Å²) in [6.07, 6.45) is 4.72. The Morgan fingerprint density at radius 2 is 1.87 bits per heavy atom. The van der Waals surface area contributed by atoms with E-state index < -0.39 is 6.04 Å². The second-order valence-electron chi connectivity index (χ2n) is 6.84. The number of nitrogens with one attached hydrogen (secondary N) is 1. The zero-order valence-electron chi connectivity index (χ0n) is 16.0. The van der Waals surface area contributed by atoms with Gasteiger partial charge in [0.1, 0.15) is 11.0 Å². The van der Waals surface area contributed by atoms with Crippen LogP contribution in [0.15, 0.2) is 65.1 Å². The predicted molar refractivity (Wildman–Crippen MR) is 122 cm³/mol. The molecule has 1 aliphatic rings. The molecule has 30 heavy (non-hydrogen) atoms. The molecule has 0 spiro atoms. The van der Waals surface area contributed by atoms with Crippen LogP contribution in [0.25, 0.3) is 16.6 Å². The molecule has 1 N–H and O–H groups in total. The summed E-state index contributed by atoms with van der Waals surface area (Å²) in [4.78, 5) is 27.0. The molecule has 152 valence electrons. The first-order chi connectivity index (χ1) is 14.6. The van der Waals surface area contributed by atoms with E-state index in [2.05, 4.69) is 31.4 Å². The van der Waals surface area contributed by atoms with Gasteiger partial charge < -0.3 is 4.90 Å². The monoisotopic (exact) mass is 482 g/mol. The highest BCUT2D eigenvalue weighted by Gasteiger charge is 2.33. The van der Waals surface area contributed by atoms with E-state index in [9.17, 15) is 9.59 Å². The van der Waals surface area contributed by atoms with Gasteiger partial charge in [0.2, 0.25) is 16.9 Å². The summed E-state index contributed by atoms with van der Waals surface area (Å²) in [5, 5.41) is 12.2. The number of benzene rings is 2. The Kier molecular flexibility index (Phi) is 6.35. The van der Waals surface area contributed by atoms with Crippen LogP contribution in [0.5, 0.6) is 0 Å². The summed E-state index contributed by atoms with van der Waals surface area (Å²) in [7, 11) is 0. The molecule has 0 radical (unpaired) electrons. The second-order valence-corrected chi connectivity index (χ2v) is 8.74. The minimum absolute atomic E-state index is 0.163. The van der Waals surface area contributed by atoms with Crippen LogP contribution in [0.3, 0.4) is 0 Å². The van der Waals surface area contributed by atoms with Crippen molar-refractivity contribution in [2.24, 2.45) is 0 Å². The van der Waals surface area contributed by atoms with Crippen LogP contribution in [0.4, 0.5) is 5.13 Å². The van der Waals surface area contributed by atoms with E-state index >= 15 is 0 Å². The third-order valence-electron chi connectivity index (χ3n) is 4.80. The van der Waals surface area contributed by atoms with E-state index in [1.165, 1.54) is 17.4 Å². The van der Waals surface area contributed by atoms with Gasteiger partial charge in [0.05, 0.1) is 0 Å². The molecule has 0 bridgehead atoms. The number of aromatic nitrogens is 2. The van der Waals surface area contributed by atoms with Crippen LogP contribution in [-0.4, -0.2) is 39.5 Å².